The Morgan fingerprint density at radius 3 is 1.61 bits per heavy atom. The lowest BCUT2D eigenvalue weighted by Crippen LogP contribution is -2.19. The number of carboxylic acid groups (broad SMARTS) is 2. The van der Waals surface area contributed by atoms with E-state index in [2.05, 4.69) is 133 Å². The highest BCUT2D eigenvalue weighted by atomic mass is 16.5. The van der Waals surface area contributed by atoms with Gasteiger partial charge < -0.3 is 14.9 Å². The summed E-state index contributed by atoms with van der Waals surface area (Å²) in [4.78, 5) is 32.4. The van der Waals surface area contributed by atoms with Gasteiger partial charge in [0.25, 0.3) is 0 Å². The molecular weight excluding hydrogens is 853 g/mol. The van der Waals surface area contributed by atoms with Gasteiger partial charge in [-0.15, -0.1) is 0 Å². The van der Waals surface area contributed by atoms with Gasteiger partial charge in [-0.1, -0.05) is 144 Å². The zero-order chi connectivity index (χ0) is 52.7. The molecular formula is C63H88O6. The minimum Gasteiger partial charge on any atom is -0.478 e. The van der Waals surface area contributed by atoms with Crippen LogP contribution in [-0.4, -0.2) is 34.7 Å². The van der Waals surface area contributed by atoms with Gasteiger partial charge in [0.2, 0.25) is 0 Å². The fourth-order valence-electron chi connectivity index (χ4n) is 7.40. The summed E-state index contributed by atoms with van der Waals surface area (Å²) in [6.45, 7) is 35.9. The number of hydrogen-bond donors (Lipinski definition) is 2. The highest BCUT2D eigenvalue weighted by Crippen LogP contribution is 2.40. The summed E-state index contributed by atoms with van der Waals surface area (Å²) >= 11 is 0. The maximum atomic E-state index is 11.4. The third-order valence-corrected chi connectivity index (χ3v) is 11.6. The quantitative estimate of drug-likeness (QED) is 0.0584. The van der Waals surface area contributed by atoms with E-state index in [1.807, 2.05) is 55.5 Å². The zero-order valence-electron chi connectivity index (χ0n) is 45.7. The normalized spacial score (nSPS) is 15.5. The number of carboxylic acids is 2. The van der Waals surface area contributed by atoms with Crippen molar-refractivity contribution in [1.29, 1.82) is 0 Å². The first-order chi connectivity index (χ1) is 32.3. The van der Waals surface area contributed by atoms with Crippen molar-refractivity contribution in [3.63, 3.8) is 0 Å². The van der Waals surface area contributed by atoms with Crippen molar-refractivity contribution >= 4 is 24.0 Å². The number of allylic oxidation sites excluding steroid dienone is 24. The standard InChI is InChI=1S/C23H30O2.C20H28O2.C20H30O2/c1-8-25-23(24)14-17(3)11-9-10-16(2)12-13-22-19(5)15-18(4)20(6)21(22)7;1-15(8-6-9-16(2)14-19(21)22)11-12-18-17(3)10-7-13-20(18,4)5;1-16(2)9-6-10-17(3)11-7-12-18(4)13-8-14-19(5)15-20(21)22/h9-15H,8H2,1-7H3;6,8-9,11-12,14H,7,10,13H2,1-5H3,(H,21,22);8-9,11,13-15H,6-7,10,12H2,1-5H3,(H,21,22)/b11-9+,13-12+,16-10+,17-14+;9-6+,12-11+,15-8+,16-14+;14-8+,17-11+,18-13+,19-15+. The van der Waals surface area contributed by atoms with E-state index < -0.39 is 11.9 Å². The van der Waals surface area contributed by atoms with Crippen LogP contribution in [0, 0.1) is 33.1 Å². The molecule has 1 aliphatic carbocycles. The summed E-state index contributed by atoms with van der Waals surface area (Å²) in [6.07, 6.45) is 42.6. The molecule has 6 nitrogen and oxygen atoms in total. The van der Waals surface area contributed by atoms with Crippen LogP contribution in [0.15, 0.2) is 165 Å². The third-order valence-electron chi connectivity index (χ3n) is 11.6. The first-order valence-corrected chi connectivity index (χ1v) is 24.4. The second-order valence-corrected chi connectivity index (χ2v) is 19.2. The highest BCUT2D eigenvalue weighted by Gasteiger charge is 2.26. The van der Waals surface area contributed by atoms with Gasteiger partial charge in [-0.25, -0.2) is 14.4 Å². The van der Waals surface area contributed by atoms with Gasteiger partial charge in [-0.2, -0.15) is 0 Å². The number of benzene rings is 1. The van der Waals surface area contributed by atoms with E-state index in [4.69, 9.17) is 14.9 Å². The average Bonchev–Trinajstić information content (AvgIpc) is 3.22. The van der Waals surface area contributed by atoms with E-state index in [1.54, 1.807) is 26.8 Å². The predicted molar refractivity (Wildman–Crippen MR) is 297 cm³/mol. The Bertz CT molecular complexity index is 2320. The van der Waals surface area contributed by atoms with Gasteiger partial charge in [-0.3, -0.25) is 0 Å². The van der Waals surface area contributed by atoms with Gasteiger partial charge in [0, 0.05) is 18.2 Å². The second-order valence-electron chi connectivity index (χ2n) is 19.2. The number of rotatable bonds is 20. The first-order valence-electron chi connectivity index (χ1n) is 24.4. The molecule has 1 aliphatic rings. The number of aliphatic carboxylic acids is 2. The predicted octanol–water partition coefficient (Wildman–Crippen LogP) is 17.5. The lowest BCUT2D eigenvalue weighted by Gasteiger charge is -2.32. The summed E-state index contributed by atoms with van der Waals surface area (Å²) in [5.41, 5.74) is 18.6. The highest BCUT2D eigenvalue weighted by molar-refractivity contribution is 5.83. The van der Waals surface area contributed by atoms with Gasteiger partial charge in [0.15, 0.2) is 0 Å². The molecule has 0 radical (unpaired) electrons. The second kappa shape index (κ2) is 34.3. The molecule has 2 rings (SSSR count). The molecule has 0 unspecified atom stereocenters. The van der Waals surface area contributed by atoms with E-state index >= 15 is 0 Å². The van der Waals surface area contributed by atoms with Gasteiger partial charge in [0.05, 0.1) is 6.61 Å². The smallest absolute Gasteiger partial charge is 0.330 e. The van der Waals surface area contributed by atoms with Crippen LogP contribution in [0.2, 0.25) is 0 Å². The molecule has 0 fully saturated rings. The Morgan fingerprint density at radius 2 is 1.10 bits per heavy atom. The van der Waals surface area contributed by atoms with E-state index in [-0.39, 0.29) is 11.4 Å². The topological polar surface area (TPSA) is 101 Å². The van der Waals surface area contributed by atoms with Crippen molar-refractivity contribution in [2.24, 2.45) is 5.41 Å². The van der Waals surface area contributed by atoms with Crippen molar-refractivity contribution in [3.05, 3.63) is 193 Å². The van der Waals surface area contributed by atoms with Crippen molar-refractivity contribution in [1.82, 2.24) is 0 Å². The number of carbonyl (C=O) groups excluding carboxylic acids is 1. The largest absolute Gasteiger partial charge is 0.478 e. The summed E-state index contributed by atoms with van der Waals surface area (Å²) in [5, 5.41) is 17.3. The third kappa shape index (κ3) is 30.2. The minimum atomic E-state index is -0.912. The molecule has 0 saturated carbocycles. The molecule has 0 aliphatic heterocycles. The van der Waals surface area contributed by atoms with Crippen LogP contribution in [0.25, 0.3) is 6.08 Å². The fraction of sp³-hybridized carbons (Fsp3) is 0.413. The monoisotopic (exact) mass is 941 g/mol. The van der Waals surface area contributed by atoms with Crippen molar-refractivity contribution in [3.8, 4) is 0 Å². The summed E-state index contributed by atoms with van der Waals surface area (Å²) in [7, 11) is 0. The lowest BCUT2D eigenvalue weighted by atomic mass is 9.72. The molecule has 1 aromatic carbocycles. The van der Waals surface area contributed by atoms with Crippen LogP contribution < -0.4 is 0 Å². The van der Waals surface area contributed by atoms with Crippen LogP contribution in [0.3, 0.4) is 0 Å². The molecule has 376 valence electrons. The van der Waals surface area contributed by atoms with E-state index in [1.165, 1.54) is 93.2 Å². The molecule has 0 amide bonds. The van der Waals surface area contributed by atoms with Gasteiger partial charge >= 0.3 is 17.9 Å². The van der Waals surface area contributed by atoms with Crippen molar-refractivity contribution < 1.29 is 29.3 Å². The maximum absolute atomic E-state index is 11.4. The van der Waals surface area contributed by atoms with Crippen LogP contribution in [0.1, 0.15) is 163 Å². The SMILES string of the molecule is CC(C)=CCC/C(C)=C/CC/C(C)=C/C=C/C(C)=C/C(=O)O.CC1=C(/C=C/C(C)=C/C=C/C(C)=C/C(=O)O)C(C)(C)CCC1.CCOC(=O)/C=C(C)/C=C/C=C(C)/C=C/c1c(C)cc(C)c(C)c1C. The lowest BCUT2D eigenvalue weighted by molar-refractivity contribution is -0.137. The number of aryl methyl sites for hydroxylation is 2. The fourth-order valence-corrected chi connectivity index (χ4v) is 7.40. The molecule has 6 heteroatoms. The van der Waals surface area contributed by atoms with Gasteiger partial charge in [-0.05, 0) is 204 Å². The molecule has 0 bridgehead atoms. The van der Waals surface area contributed by atoms with E-state index in [9.17, 15) is 14.4 Å². The average molecular weight is 941 g/mol. The maximum Gasteiger partial charge on any atom is 0.330 e. The van der Waals surface area contributed by atoms with Crippen LogP contribution in [-0.2, 0) is 19.1 Å². The molecule has 0 heterocycles. The van der Waals surface area contributed by atoms with Gasteiger partial charge in [0.1, 0.15) is 0 Å². The summed E-state index contributed by atoms with van der Waals surface area (Å²) in [5.74, 6) is -2.12. The van der Waals surface area contributed by atoms with E-state index in [0.29, 0.717) is 6.61 Å². The summed E-state index contributed by atoms with van der Waals surface area (Å²) < 4.78 is 4.89. The summed E-state index contributed by atoms with van der Waals surface area (Å²) in [6, 6.07) is 2.24. The Kier molecular flexibility index (Phi) is 31.3. The Labute approximate surface area is 419 Å². The zero-order valence-corrected chi connectivity index (χ0v) is 45.7. The minimum absolute atomic E-state index is 0.260. The molecule has 0 spiro atoms. The van der Waals surface area contributed by atoms with Crippen LogP contribution in [0.4, 0.5) is 0 Å². The number of esters is 1. The van der Waals surface area contributed by atoms with Crippen molar-refractivity contribution in [2.45, 2.75) is 163 Å². The number of ether oxygens (including phenoxy) is 1. The van der Waals surface area contributed by atoms with Crippen molar-refractivity contribution in [2.75, 3.05) is 6.61 Å². The Hall–Kier alpha value is -6.01. The van der Waals surface area contributed by atoms with Crippen LogP contribution >= 0.6 is 0 Å². The molecule has 2 N–H and O–H groups in total. The first kappa shape index (κ1) is 63.0. The molecule has 0 atom stereocenters. The van der Waals surface area contributed by atoms with E-state index in [0.717, 1.165) is 53.5 Å². The molecule has 69 heavy (non-hydrogen) atoms. The number of hydrogen-bond acceptors (Lipinski definition) is 4. The molecule has 1 aromatic rings. The van der Waals surface area contributed by atoms with Crippen LogP contribution in [0.5, 0.6) is 0 Å². The Balaban J connectivity index is 0.00000101. The number of carbonyl (C=O) groups is 3. The molecule has 0 aromatic heterocycles. The molecule has 0 saturated heterocycles. The Morgan fingerprint density at radius 1 is 0.609 bits per heavy atom.